The maximum Gasteiger partial charge on any atom is 0.251 e. The topological polar surface area (TPSA) is 84.2 Å². The van der Waals surface area contributed by atoms with E-state index in [0.717, 1.165) is 24.1 Å². The highest BCUT2D eigenvalue weighted by atomic mass is 16.2. The third kappa shape index (κ3) is 2.46. The minimum absolute atomic E-state index is 0.0228. The van der Waals surface area contributed by atoms with Gasteiger partial charge in [-0.05, 0) is 36.5 Å². The Labute approximate surface area is 111 Å². The zero-order chi connectivity index (χ0) is 13.4. The molecule has 5 heteroatoms. The van der Waals surface area contributed by atoms with Gasteiger partial charge < -0.3 is 16.4 Å². The summed E-state index contributed by atoms with van der Waals surface area (Å²) in [5.74, 6) is 0.389. The van der Waals surface area contributed by atoms with Crippen molar-refractivity contribution in [2.75, 3.05) is 11.9 Å². The van der Waals surface area contributed by atoms with Gasteiger partial charge in [-0.3, -0.25) is 9.59 Å². The van der Waals surface area contributed by atoms with E-state index in [1.165, 1.54) is 0 Å². The molecule has 3 rings (SSSR count). The lowest BCUT2D eigenvalue weighted by molar-refractivity contribution is -0.115. The van der Waals surface area contributed by atoms with Crippen LogP contribution < -0.4 is 16.4 Å². The highest BCUT2D eigenvalue weighted by Gasteiger charge is 2.31. The van der Waals surface area contributed by atoms with E-state index in [-0.39, 0.29) is 17.9 Å². The number of fused-ring (bicyclic) bond motifs is 1. The van der Waals surface area contributed by atoms with Gasteiger partial charge >= 0.3 is 0 Å². The number of carbonyl (C=O) groups is 2. The molecular formula is C14H17N3O2. The van der Waals surface area contributed by atoms with Crippen molar-refractivity contribution in [3.8, 4) is 0 Å². The van der Waals surface area contributed by atoms with Crippen molar-refractivity contribution >= 4 is 17.5 Å². The Kier molecular flexibility index (Phi) is 2.98. The maximum absolute atomic E-state index is 12.1. The molecule has 19 heavy (non-hydrogen) atoms. The quantitative estimate of drug-likeness (QED) is 0.742. The molecule has 1 saturated carbocycles. The van der Waals surface area contributed by atoms with E-state index < -0.39 is 0 Å². The molecule has 100 valence electrons. The normalized spacial score (nSPS) is 18.7. The van der Waals surface area contributed by atoms with E-state index in [1.807, 2.05) is 6.07 Å². The number of anilines is 1. The Morgan fingerprint density at radius 3 is 2.95 bits per heavy atom. The summed E-state index contributed by atoms with van der Waals surface area (Å²) in [5, 5.41) is 5.72. The molecule has 1 fully saturated rings. The van der Waals surface area contributed by atoms with Gasteiger partial charge in [0.05, 0.1) is 6.42 Å². The molecule has 0 saturated heterocycles. The summed E-state index contributed by atoms with van der Waals surface area (Å²) in [5.41, 5.74) is 7.93. The molecule has 5 nitrogen and oxygen atoms in total. The smallest absolute Gasteiger partial charge is 0.251 e. The molecule has 2 aliphatic rings. The molecule has 0 radical (unpaired) electrons. The van der Waals surface area contributed by atoms with Crippen LogP contribution in [0.5, 0.6) is 0 Å². The molecule has 2 amide bonds. The summed E-state index contributed by atoms with van der Waals surface area (Å²) >= 11 is 0. The largest absolute Gasteiger partial charge is 0.348 e. The van der Waals surface area contributed by atoms with Crippen LogP contribution in [0, 0.1) is 5.92 Å². The van der Waals surface area contributed by atoms with E-state index >= 15 is 0 Å². The number of nitrogens with one attached hydrogen (secondary N) is 2. The highest BCUT2D eigenvalue weighted by molar-refractivity contribution is 6.02. The second kappa shape index (κ2) is 4.66. The van der Waals surface area contributed by atoms with Crippen LogP contribution in [0.3, 0.4) is 0 Å². The second-order valence-corrected chi connectivity index (χ2v) is 5.25. The number of carbonyl (C=O) groups excluding carboxylic acids is 2. The molecule has 1 atom stereocenters. The SMILES string of the molecule is NCC(NC(=O)c1ccc2c(c1)NC(=O)C2)C1CC1. The molecular weight excluding hydrogens is 242 g/mol. The van der Waals surface area contributed by atoms with Crippen molar-refractivity contribution in [3.05, 3.63) is 29.3 Å². The predicted octanol–water partition coefficient (Wildman–Crippen LogP) is 0.648. The van der Waals surface area contributed by atoms with Gasteiger partial charge in [0, 0.05) is 23.8 Å². The van der Waals surface area contributed by atoms with Gasteiger partial charge in [0.25, 0.3) is 5.91 Å². The van der Waals surface area contributed by atoms with Crippen molar-refractivity contribution in [2.45, 2.75) is 25.3 Å². The molecule has 1 aliphatic heterocycles. The van der Waals surface area contributed by atoms with Crippen LogP contribution in [0.4, 0.5) is 5.69 Å². The summed E-state index contributed by atoms with van der Waals surface area (Å²) < 4.78 is 0. The summed E-state index contributed by atoms with van der Waals surface area (Å²) in [7, 11) is 0. The third-order valence-corrected chi connectivity index (χ3v) is 3.76. The van der Waals surface area contributed by atoms with Crippen LogP contribution in [0.2, 0.25) is 0 Å². The average Bonchev–Trinajstić information content (AvgIpc) is 3.16. The van der Waals surface area contributed by atoms with Crippen LogP contribution in [-0.4, -0.2) is 24.4 Å². The Bertz CT molecular complexity index is 537. The van der Waals surface area contributed by atoms with Gasteiger partial charge in [-0.25, -0.2) is 0 Å². The fourth-order valence-corrected chi connectivity index (χ4v) is 2.48. The average molecular weight is 259 g/mol. The first-order valence-electron chi connectivity index (χ1n) is 6.61. The summed E-state index contributed by atoms with van der Waals surface area (Å²) in [4.78, 5) is 23.4. The first-order valence-corrected chi connectivity index (χ1v) is 6.61. The fraction of sp³-hybridized carbons (Fsp3) is 0.429. The predicted molar refractivity (Wildman–Crippen MR) is 71.8 cm³/mol. The van der Waals surface area contributed by atoms with Crippen LogP contribution in [0.15, 0.2) is 18.2 Å². The van der Waals surface area contributed by atoms with Crippen LogP contribution in [0.1, 0.15) is 28.8 Å². The number of benzene rings is 1. The number of nitrogens with two attached hydrogens (primary N) is 1. The minimum atomic E-state index is -0.119. The van der Waals surface area contributed by atoms with Crippen molar-refractivity contribution in [1.29, 1.82) is 0 Å². The lowest BCUT2D eigenvalue weighted by Gasteiger charge is -2.16. The van der Waals surface area contributed by atoms with Crippen LogP contribution in [0.25, 0.3) is 0 Å². The monoisotopic (exact) mass is 259 g/mol. The minimum Gasteiger partial charge on any atom is -0.348 e. The van der Waals surface area contributed by atoms with E-state index in [9.17, 15) is 9.59 Å². The molecule has 0 aromatic heterocycles. The summed E-state index contributed by atoms with van der Waals surface area (Å²) in [6, 6.07) is 5.39. The van der Waals surface area contributed by atoms with Gasteiger partial charge in [0.2, 0.25) is 5.91 Å². The second-order valence-electron chi connectivity index (χ2n) is 5.25. The lowest BCUT2D eigenvalue weighted by Crippen LogP contribution is -2.41. The van der Waals surface area contributed by atoms with Crippen LogP contribution in [-0.2, 0) is 11.2 Å². The van der Waals surface area contributed by atoms with Gasteiger partial charge in [-0.2, -0.15) is 0 Å². The Morgan fingerprint density at radius 2 is 2.26 bits per heavy atom. The first kappa shape index (κ1) is 12.2. The molecule has 1 aromatic rings. The highest BCUT2D eigenvalue weighted by Crippen LogP contribution is 2.32. The summed E-state index contributed by atoms with van der Waals surface area (Å²) in [6.45, 7) is 0.470. The number of hydrogen-bond donors (Lipinski definition) is 3. The van der Waals surface area contributed by atoms with Gasteiger partial charge in [-0.15, -0.1) is 0 Å². The molecule has 1 aliphatic carbocycles. The molecule has 0 bridgehead atoms. The first-order chi connectivity index (χ1) is 9.17. The number of hydrogen-bond acceptors (Lipinski definition) is 3. The Hall–Kier alpha value is -1.88. The van der Waals surface area contributed by atoms with Gasteiger partial charge in [-0.1, -0.05) is 6.07 Å². The van der Waals surface area contributed by atoms with Gasteiger partial charge in [0.1, 0.15) is 0 Å². The van der Waals surface area contributed by atoms with E-state index in [4.69, 9.17) is 5.73 Å². The van der Waals surface area contributed by atoms with Crippen molar-refractivity contribution < 1.29 is 9.59 Å². The van der Waals surface area contributed by atoms with Gasteiger partial charge in [0.15, 0.2) is 0 Å². The van der Waals surface area contributed by atoms with Crippen molar-refractivity contribution in [1.82, 2.24) is 5.32 Å². The standard InChI is InChI=1S/C14H17N3O2/c15-7-12(8-1-2-8)17-14(19)10-4-3-9-6-13(18)16-11(9)5-10/h3-5,8,12H,1-2,6-7,15H2,(H,16,18)(H,17,19). The molecule has 1 aromatic carbocycles. The maximum atomic E-state index is 12.1. The number of rotatable bonds is 4. The van der Waals surface area contributed by atoms with Crippen LogP contribution >= 0.6 is 0 Å². The molecule has 4 N–H and O–H groups in total. The zero-order valence-electron chi connectivity index (χ0n) is 10.6. The fourth-order valence-electron chi connectivity index (χ4n) is 2.48. The van der Waals surface area contributed by atoms with Crippen molar-refractivity contribution in [2.24, 2.45) is 11.7 Å². The summed E-state index contributed by atoms with van der Waals surface area (Å²) in [6.07, 6.45) is 2.68. The molecule has 1 unspecified atom stereocenters. The Balaban J connectivity index is 1.73. The van der Waals surface area contributed by atoms with E-state index in [1.54, 1.807) is 12.1 Å². The Morgan fingerprint density at radius 1 is 1.47 bits per heavy atom. The van der Waals surface area contributed by atoms with E-state index in [2.05, 4.69) is 10.6 Å². The molecule has 1 heterocycles. The number of amides is 2. The zero-order valence-corrected chi connectivity index (χ0v) is 10.6. The van der Waals surface area contributed by atoms with Crippen molar-refractivity contribution in [3.63, 3.8) is 0 Å². The molecule has 0 spiro atoms. The third-order valence-electron chi connectivity index (χ3n) is 3.76. The van der Waals surface area contributed by atoms with E-state index in [0.29, 0.717) is 24.4 Å². The lowest BCUT2D eigenvalue weighted by atomic mass is 10.1.